The van der Waals surface area contributed by atoms with E-state index in [4.69, 9.17) is 8.94 Å². The minimum atomic E-state index is 0.141. The predicted molar refractivity (Wildman–Crippen MR) is 90.4 cm³/mol. The van der Waals surface area contributed by atoms with Crippen molar-refractivity contribution in [3.05, 3.63) is 48.0 Å². The SMILES string of the molecule is O=C1CCCN1Cc1nnc(SCc2cc(-c3ccccc3)no2)o1. The highest BCUT2D eigenvalue weighted by atomic mass is 32.2. The van der Waals surface area contributed by atoms with Crippen molar-refractivity contribution >= 4 is 17.7 Å². The van der Waals surface area contributed by atoms with E-state index in [1.54, 1.807) is 4.90 Å². The molecule has 0 radical (unpaired) electrons. The molecule has 7 nitrogen and oxygen atoms in total. The average Bonchev–Trinajstić information content (AvgIpc) is 3.37. The van der Waals surface area contributed by atoms with Crippen molar-refractivity contribution in [2.75, 3.05) is 6.54 Å². The van der Waals surface area contributed by atoms with Gasteiger partial charge >= 0.3 is 0 Å². The molecule has 0 atom stereocenters. The van der Waals surface area contributed by atoms with Crippen molar-refractivity contribution in [2.24, 2.45) is 0 Å². The Morgan fingerprint density at radius 1 is 1.20 bits per heavy atom. The van der Waals surface area contributed by atoms with Crippen molar-refractivity contribution in [3.8, 4) is 11.3 Å². The van der Waals surface area contributed by atoms with E-state index in [2.05, 4.69) is 15.4 Å². The van der Waals surface area contributed by atoms with Crippen LogP contribution in [0, 0.1) is 0 Å². The number of carbonyl (C=O) groups is 1. The molecule has 1 aliphatic heterocycles. The van der Waals surface area contributed by atoms with Crippen LogP contribution in [-0.4, -0.2) is 32.7 Å². The van der Waals surface area contributed by atoms with Crippen LogP contribution in [0.5, 0.6) is 0 Å². The molecule has 0 saturated carbocycles. The molecule has 0 unspecified atom stereocenters. The second-order valence-corrected chi connectivity index (χ2v) is 6.64. The van der Waals surface area contributed by atoms with E-state index < -0.39 is 0 Å². The maximum Gasteiger partial charge on any atom is 0.277 e. The fraction of sp³-hybridized carbons (Fsp3) is 0.294. The Hall–Kier alpha value is -2.61. The van der Waals surface area contributed by atoms with E-state index in [0.29, 0.717) is 29.8 Å². The van der Waals surface area contributed by atoms with Crippen LogP contribution in [0.1, 0.15) is 24.5 Å². The zero-order valence-corrected chi connectivity index (χ0v) is 14.2. The molecule has 2 aromatic heterocycles. The first kappa shape index (κ1) is 15.9. The average molecular weight is 356 g/mol. The molecule has 3 aromatic rings. The van der Waals surface area contributed by atoms with Crippen LogP contribution in [0.25, 0.3) is 11.3 Å². The molecular weight excluding hydrogens is 340 g/mol. The third kappa shape index (κ3) is 3.74. The van der Waals surface area contributed by atoms with Gasteiger partial charge in [-0.25, -0.2) is 0 Å². The molecule has 1 aliphatic rings. The van der Waals surface area contributed by atoms with E-state index in [0.717, 1.165) is 30.0 Å². The molecule has 1 fully saturated rings. The highest BCUT2D eigenvalue weighted by molar-refractivity contribution is 7.98. The summed E-state index contributed by atoms with van der Waals surface area (Å²) in [5, 5.41) is 12.6. The van der Waals surface area contributed by atoms with Crippen LogP contribution in [0.2, 0.25) is 0 Å². The van der Waals surface area contributed by atoms with Gasteiger partial charge < -0.3 is 13.8 Å². The van der Waals surface area contributed by atoms with Crippen LogP contribution in [0.15, 0.2) is 50.6 Å². The monoisotopic (exact) mass is 356 g/mol. The van der Waals surface area contributed by atoms with E-state index in [1.165, 1.54) is 11.8 Å². The van der Waals surface area contributed by atoms with Gasteiger partial charge in [-0.2, -0.15) is 0 Å². The van der Waals surface area contributed by atoms with Gasteiger partial charge in [-0.3, -0.25) is 4.79 Å². The van der Waals surface area contributed by atoms with E-state index >= 15 is 0 Å². The molecule has 0 spiro atoms. The Morgan fingerprint density at radius 2 is 2.08 bits per heavy atom. The summed E-state index contributed by atoms with van der Waals surface area (Å²) < 4.78 is 10.9. The minimum Gasteiger partial charge on any atom is -0.414 e. The third-order valence-electron chi connectivity index (χ3n) is 3.91. The van der Waals surface area contributed by atoms with E-state index in [-0.39, 0.29) is 5.91 Å². The van der Waals surface area contributed by atoms with Crippen LogP contribution in [0.4, 0.5) is 0 Å². The van der Waals surface area contributed by atoms with Crippen molar-refractivity contribution in [3.63, 3.8) is 0 Å². The van der Waals surface area contributed by atoms with Crippen LogP contribution < -0.4 is 0 Å². The van der Waals surface area contributed by atoms with Crippen molar-refractivity contribution in [2.45, 2.75) is 30.4 Å². The quantitative estimate of drug-likeness (QED) is 0.627. The zero-order valence-electron chi connectivity index (χ0n) is 13.4. The molecule has 25 heavy (non-hydrogen) atoms. The minimum absolute atomic E-state index is 0.141. The lowest BCUT2D eigenvalue weighted by Gasteiger charge is -2.11. The summed E-state index contributed by atoms with van der Waals surface area (Å²) in [6, 6.07) is 11.8. The lowest BCUT2D eigenvalue weighted by molar-refractivity contribution is -0.128. The smallest absolute Gasteiger partial charge is 0.277 e. The molecule has 128 valence electrons. The standard InChI is InChI=1S/C17H16N4O3S/c22-16-7-4-8-21(16)10-15-18-19-17(23-15)25-11-13-9-14(20-24-13)12-5-2-1-3-6-12/h1-3,5-6,9H,4,7-8,10-11H2. The van der Waals surface area contributed by atoms with Gasteiger partial charge in [0.05, 0.1) is 12.3 Å². The van der Waals surface area contributed by atoms with Crippen molar-refractivity contribution in [1.82, 2.24) is 20.3 Å². The molecule has 3 heterocycles. The largest absolute Gasteiger partial charge is 0.414 e. The molecule has 8 heteroatoms. The summed E-state index contributed by atoms with van der Waals surface area (Å²) in [4.78, 5) is 13.4. The maximum atomic E-state index is 11.6. The molecule has 0 aliphatic carbocycles. The molecule has 1 aromatic carbocycles. The van der Waals surface area contributed by atoms with Gasteiger partial charge in [-0.15, -0.1) is 10.2 Å². The highest BCUT2D eigenvalue weighted by Crippen LogP contribution is 2.25. The number of rotatable bonds is 6. The number of thioether (sulfide) groups is 1. The lowest BCUT2D eigenvalue weighted by Crippen LogP contribution is -2.23. The summed E-state index contributed by atoms with van der Waals surface area (Å²) in [6.45, 7) is 1.14. The number of hydrogen-bond donors (Lipinski definition) is 0. The summed E-state index contributed by atoms with van der Waals surface area (Å²) in [6.07, 6.45) is 1.49. The molecule has 1 amide bonds. The van der Waals surface area contributed by atoms with Gasteiger partial charge in [-0.05, 0) is 6.42 Å². The van der Waals surface area contributed by atoms with Gasteiger partial charge in [0.15, 0.2) is 0 Å². The van der Waals surface area contributed by atoms with Gasteiger partial charge in [-0.1, -0.05) is 47.3 Å². The molecule has 1 saturated heterocycles. The normalized spacial score (nSPS) is 14.4. The highest BCUT2D eigenvalue weighted by Gasteiger charge is 2.22. The summed E-state index contributed by atoms with van der Waals surface area (Å²) in [5.41, 5.74) is 1.81. The summed E-state index contributed by atoms with van der Waals surface area (Å²) in [7, 11) is 0. The van der Waals surface area contributed by atoms with Crippen molar-refractivity contribution in [1.29, 1.82) is 0 Å². The fourth-order valence-corrected chi connectivity index (χ4v) is 3.31. The van der Waals surface area contributed by atoms with E-state index in [1.807, 2.05) is 36.4 Å². The first-order valence-corrected chi connectivity index (χ1v) is 9.00. The Balaban J connectivity index is 1.34. The van der Waals surface area contributed by atoms with Gasteiger partial charge in [0.1, 0.15) is 11.5 Å². The number of aromatic nitrogens is 3. The number of hydrogen-bond acceptors (Lipinski definition) is 7. The number of amides is 1. The second-order valence-electron chi connectivity index (χ2n) is 5.71. The number of likely N-dealkylation sites (tertiary alicyclic amines) is 1. The summed E-state index contributed by atoms with van der Waals surface area (Å²) >= 11 is 1.38. The molecule has 0 N–H and O–H groups in total. The predicted octanol–water partition coefficient (Wildman–Crippen LogP) is 3.14. The first-order valence-electron chi connectivity index (χ1n) is 8.02. The Bertz CT molecular complexity index is 862. The number of nitrogens with zero attached hydrogens (tertiary/aromatic N) is 4. The second kappa shape index (κ2) is 7.10. The molecule has 0 bridgehead atoms. The fourth-order valence-electron chi connectivity index (χ4n) is 2.65. The summed E-state index contributed by atoms with van der Waals surface area (Å²) in [5.74, 6) is 1.88. The van der Waals surface area contributed by atoms with Crippen LogP contribution in [-0.2, 0) is 17.1 Å². The zero-order chi connectivity index (χ0) is 17.1. The van der Waals surface area contributed by atoms with Gasteiger partial charge in [0, 0.05) is 24.6 Å². The molecule has 4 rings (SSSR count). The lowest BCUT2D eigenvalue weighted by atomic mass is 10.1. The first-order chi connectivity index (χ1) is 12.3. The Kier molecular flexibility index (Phi) is 4.51. The Morgan fingerprint density at radius 3 is 2.88 bits per heavy atom. The van der Waals surface area contributed by atoms with E-state index in [9.17, 15) is 4.79 Å². The van der Waals surface area contributed by atoms with Crippen molar-refractivity contribution < 1.29 is 13.7 Å². The maximum absolute atomic E-state index is 11.6. The van der Waals surface area contributed by atoms with Crippen LogP contribution >= 0.6 is 11.8 Å². The van der Waals surface area contributed by atoms with Gasteiger partial charge in [0.2, 0.25) is 11.8 Å². The third-order valence-corrected chi connectivity index (χ3v) is 4.75. The Labute approximate surface area is 148 Å². The van der Waals surface area contributed by atoms with Gasteiger partial charge in [0.25, 0.3) is 5.22 Å². The molecular formula is C17H16N4O3S. The number of benzene rings is 1. The number of carbonyl (C=O) groups excluding carboxylic acids is 1. The van der Waals surface area contributed by atoms with Crippen LogP contribution in [0.3, 0.4) is 0 Å². The topological polar surface area (TPSA) is 85.3 Å².